The van der Waals surface area contributed by atoms with Gasteiger partial charge in [0.15, 0.2) is 0 Å². The molecule has 2 aromatic rings. The van der Waals surface area contributed by atoms with Crippen molar-refractivity contribution in [2.75, 3.05) is 6.61 Å². The maximum absolute atomic E-state index is 14.2. The summed E-state index contributed by atoms with van der Waals surface area (Å²) in [5.41, 5.74) is 2.49. The molecule has 0 aromatic heterocycles. The first-order valence-electron chi connectivity index (χ1n) is 6.11. The van der Waals surface area contributed by atoms with Gasteiger partial charge in [0.05, 0.1) is 15.9 Å². The van der Waals surface area contributed by atoms with Gasteiger partial charge in [-0.25, -0.2) is 4.39 Å². The van der Waals surface area contributed by atoms with Gasteiger partial charge in [-0.1, -0.05) is 39.7 Å². The smallest absolute Gasteiger partial charge is 0.142 e. The molecule has 0 saturated carbocycles. The van der Waals surface area contributed by atoms with E-state index in [-0.39, 0.29) is 10.6 Å². The van der Waals surface area contributed by atoms with E-state index < -0.39 is 0 Å². The molecule has 1 nitrogen and oxygen atoms in total. The zero-order chi connectivity index (χ0) is 14.3. The Hall–Kier alpha value is -0.580. The summed E-state index contributed by atoms with van der Waals surface area (Å²) in [6, 6.07) is 8.97. The average Bonchev–Trinajstić information content (AvgIpc) is 2.88. The highest BCUT2D eigenvalue weighted by atomic mass is 79.9. The van der Waals surface area contributed by atoms with Crippen molar-refractivity contribution in [1.82, 2.24) is 0 Å². The first-order chi connectivity index (χ1) is 9.58. The van der Waals surface area contributed by atoms with Crippen LogP contribution in [0.2, 0.25) is 5.02 Å². The Morgan fingerprint density at radius 1 is 1.25 bits per heavy atom. The quantitative estimate of drug-likeness (QED) is 0.570. The minimum Gasteiger partial charge on any atom is -0.493 e. The van der Waals surface area contributed by atoms with Gasteiger partial charge < -0.3 is 4.74 Å². The largest absolute Gasteiger partial charge is 0.493 e. The Labute approximate surface area is 138 Å². The molecular formula is C15H10Br2ClFO. The number of benzene rings is 2. The number of hydrogen-bond donors (Lipinski definition) is 0. The molecule has 0 spiro atoms. The van der Waals surface area contributed by atoms with E-state index in [0.29, 0.717) is 21.7 Å². The van der Waals surface area contributed by atoms with Crippen LogP contribution in [0, 0.1) is 5.82 Å². The number of hydrogen-bond acceptors (Lipinski definition) is 1. The fraction of sp³-hybridized carbons (Fsp3) is 0.200. The highest BCUT2D eigenvalue weighted by Crippen LogP contribution is 2.43. The first kappa shape index (κ1) is 14.4. The van der Waals surface area contributed by atoms with Crippen molar-refractivity contribution in [2.24, 2.45) is 0 Å². The third kappa shape index (κ3) is 2.49. The SMILES string of the molecule is Fc1c(Br)cccc1C(Br)c1cc(Cl)cc2c1OCC2. The Kier molecular flexibility index (Phi) is 4.07. The van der Waals surface area contributed by atoms with Crippen molar-refractivity contribution >= 4 is 43.5 Å². The lowest BCUT2D eigenvalue weighted by molar-refractivity contribution is 0.354. The van der Waals surface area contributed by atoms with Crippen LogP contribution in [-0.2, 0) is 6.42 Å². The molecule has 0 radical (unpaired) electrons. The Bertz CT molecular complexity index is 675. The second kappa shape index (κ2) is 5.66. The predicted octanol–water partition coefficient (Wildman–Crippen LogP) is 5.66. The molecule has 0 aliphatic carbocycles. The van der Waals surface area contributed by atoms with E-state index in [1.807, 2.05) is 18.2 Å². The summed E-state index contributed by atoms with van der Waals surface area (Å²) in [6.45, 7) is 0.642. The van der Waals surface area contributed by atoms with Crippen molar-refractivity contribution in [3.05, 3.63) is 62.3 Å². The zero-order valence-electron chi connectivity index (χ0n) is 10.3. The van der Waals surface area contributed by atoms with Gasteiger partial charge in [-0.3, -0.25) is 0 Å². The molecule has 0 saturated heterocycles. The standard InChI is InChI=1S/C15H10Br2ClFO/c16-12-3-1-2-10(14(12)19)13(17)11-7-9(18)6-8-4-5-20-15(8)11/h1-3,6-7,13H,4-5H2. The summed E-state index contributed by atoms with van der Waals surface area (Å²) >= 11 is 12.9. The van der Waals surface area contributed by atoms with Crippen LogP contribution in [0.15, 0.2) is 34.8 Å². The summed E-state index contributed by atoms with van der Waals surface area (Å²) in [5.74, 6) is 0.539. The zero-order valence-corrected chi connectivity index (χ0v) is 14.2. The molecule has 1 atom stereocenters. The van der Waals surface area contributed by atoms with Crippen molar-refractivity contribution in [3.63, 3.8) is 0 Å². The highest BCUT2D eigenvalue weighted by molar-refractivity contribution is 9.10. The molecule has 0 amide bonds. The first-order valence-corrected chi connectivity index (χ1v) is 8.19. The molecule has 3 rings (SSSR count). The fourth-order valence-electron chi connectivity index (χ4n) is 2.37. The summed E-state index contributed by atoms with van der Waals surface area (Å²) in [5, 5.41) is 0.643. The van der Waals surface area contributed by atoms with Crippen LogP contribution in [0.5, 0.6) is 5.75 Å². The van der Waals surface area contributed by atoms with Gasteiger partial charge in [-0.05, 0) is 39.7 Å². The lowest BCUT2D eigenvalue weighted by Crippen LogP contribution is -2.00. The molecule has 2 aromatic carbocycles. The van der Waals surface area contributed by atoms with E-state index in [2.05, 4.69) is 31.9 Å². The number of halogens is 4. The normalized spacial score (nSPS) is 14.8. The Morgan fingerprint density at radius 2 is 2.05 bits per heavy atom. The van der Waals surface area contributed by atoms with Gasteiger partial charge in [0.1, 0.15) is 11.6 Å². The Morgan fingerprint density at radius 3 is 2.85 bits per heavy atom. The summed E-state index contributed by atoms with van der Waals surface area (Å²) in [4.78, 5) is -0.300. The lowest BCUT2D eigenvalue weighted by Gasteiger charge is -2.16. The van der Waals surface area contributed by atoms with Crippen LogP contribution in [0.1, 0.15) is 21.5 Å². The molecule has 0 fully saturated rings. The number of ether oxygens (including phenoxy) is 1. The van der Waals surface area contributed by atoms with Gasteiger partial charge in [0, 0.05) is 22.6 Å². The monoisotopic (exact) mass is 418 g/mol. The van der Waals surface area contributed by atoms with Crippen LogP contribution >= 0.6 is 43.5 Å². The van der Waals surface area contributed by atoms with Crippen LogP contribution < -0.4 is 4.74 Å². The van der Waals surface area contributed by atoms with Crippen molar-refractivity contribution in [1.29, 1.82) is 0 Å². The van der Waals surface area contributed by atoms with Gasteiger partial charge in [0.25, 0.3) is 0 Å². The molecule has 1 aliphatic heterocycles. The highest BCUT2D eigenvalue weighted by Gasteiger charge is 2.25. The third-order valence-electron chi connectivity index (χ3n) is 3.30. The topological polar surface area (TPSA) is 9.23 Å². The van der Waals surface area contributed by atoms with E-state index in [1.165, 1.54) is 0 Å². The molecule has 20 heavy (non-hydrogen) atoms. The fourth-order valence-corrected chi connectivity index (χ4v) is 3.69. The van der Waals surface area contributed by atoms with Crippen molar-refractivity contribution < 1.29 is 9.13 Å². The van der Waals surface area contributed by atoms with Gasteiger partial charge in [0.2, 0.25) is 0 Å². The molecule has 0 N–H and O–H groups in total. The molecule has 1 aliphatic rings. The van der Waals surface area contributed by atoms with Gasteiger partial charge in [-0.2, -0.15) is 0 Å². The van der Waals surface area contributed by atoms with Gasteiger partial charge in [-0.15, -0.1) is 0 Å². The van der Waals surface area contributed by atoms with E-state index >= 15 is 0 Å². The van der Waals surface area contributed by atoms with Crippen LogP contribution in [0.4, 0.5) is 4.39 Å². The molecule has 5 heteroatoms. The molecule has 1 heterocycles. The predicted molar refractivity (Wildman–Crippen MR) is 85.5 cm³/mol. The maximum Gasteiger partial charge on any atom is 0.142 e. The second-order valence-corrected chi connectivity index (χ2v) is 6.79. The minimum atomic E-state index is -0.300. The average molecular weight is 421 g/mol. The summed E-state index contributed by atoms with van der Waals surface area (Å²) < 4.78 is 20.4. The van der Waals surface area contributed by atoms with E-state index in [9.17, 15) is 4.39 Å². The van der Waals surface area contributed by atoms with E-state index in [0.717, 1.165) is 23.3 Å². The molecule has 0 bridgehead atoms. The van der Waals surface area contributed by atoms with Crippen molar-refractivity contribution in [3.8, 4) is 5.75 Å². The molecular weight excluding hydrogens is 410 g/mol. The Balaban J connectivity index is 2.11. The lowest BCUT2D eigenvalue weighted by atomic mass is 10.0. The molecule has 104 valence electrons. The van der Waals surface area contributed by atoms with E-state index in [1.54, 1.807) is 12.1 Å². The molecule has 1 unspecified atom stereocenters. The number of alkyl halides is 1. The minimum absolute atomic E-state index is 0.277. The van der Waals surface area contributed by atoms with E-state index in [4.69, 9.17) is 16.3 Å². The van der Waals surface area contributed by atoms with Crippen molar-refractivity contribution in [2.45, 2.75) is 11.2 Å². The number of rotatable bonds is 2. The summed E-state index contributed by atoms with van der Waals surface area (Å²) in [7, 11) is 0. The van der Waals surface area contributed by atoms with Crippen LogP contribution in [0.3, 0.4) is 0 Å². The van der Waals surface area contributed by atoms with Crippen LogP contribution in [-0.4, -0.2) is 6.61 Å². The summed E-state index contributed by atoms with van der Waals surface area (Å²) in [6.07, 6.45) is 0.837. The maximum atomic E-state index is 14.2. The van der Waals surface area contributed by atoms with Crippen LogP contribution in [0.25, 0.3) is 0 Å². The third-order valence-corrected chi connectivity index (χ3v) is 5.12. The van der Waals surface area contributed by atoms with Gasteiger partial charge >= 0.3 is 0 Å². The number of fused-ring (bicyclic) bond motifs is 1. The second-order valence-electron chi connectivity index (χ2n) is 4.59.